The number of hydrogen-bond acceptors (Lipinski definition) is 4. The standard InChI is InChI=1S/C12H11NO4/c1-2-9-13-11(17-12(14)15)10(16-9)8-6-4-3-5-7-8/h3-7H,2H2,1H3,(H,14,15). The van der Waals surface area contributed by atoms with Gasteiger partial charge in [0.15, 0.2) is 11.7 Å². The van der Waals surface area contributed by atoms with Crippen molar-refractivity contribution in [3.8, 4) is 17.2 Å². The summed E-state index contributed by atoms with van der Waals surface area (Å²) in [6.07, 6.45) is -0.832. The van der Waals surface area contributed by atoms with Gasteiger partial charge in [-0.15, -0.1) is 0 Å². The van der Waals surface area contributed by atoms with Gasteiger partial charge in [0.25, 0.3) is 5.88 Å². The Balaban J connectivity index is 2.44. The molecule has 5 heteroatoms. The van der Waals surface area contributed by atoms with Crippen LogP contribution in [0.2, 0.25) is 0 Å². The molecule has 0 fully saturated rings. The first kappa shape index (κ1) is 11.2. The van der Waals surface area contributed by atoms with Gasteiger partial charge in [-0.1, -0.05) is 37.3 Å². The van der Waals surface area contributed by atoms with E-state index >= 15 is 0 Å². The van der Waals surface area contributed by atoms with E-state index in [1.807, 2.05) is 25.1 Å². The van der Waals surface area contributed by atoms with Crippen LogP contribution in [0.25, 0.3) is 11.3 Å². The van der Waals surface area contributed by atoms with Gasteiger partial charge in [0.1, 0.15) is 0 Å². The van der Waals surface area contributed by atoms with Gasteiger partial charge in [0.2, 0.25) is 0 Å². The molecule has 0 unspecified atom stereocenters. The number of carboxylic acid groups (broad SMARTS) is 1. The number of aromatic nitrogens is 1. The largest absolute Gasteiger partial charge is 0.512 e. The molecule has 0 aliphatic rings. The monoisotopic (exact) mass is 233 g/mol. The van der Waals surface area contributed by atoms with E-state index in [9.17, 15) is 4.79 Å². The second-order valence-electron chi connectivity index (χ2n) is 3.33. The summed E-state index contributed by atoms with van der Waals surface area (Å²) in [4.78, 5) is 14.5. The molecule has 0 atom stereocenters. The van der Waals surface area contributed by atoms with Crippen molar-refractivity contribution in [2.45, 2.75) is 13.3 Å². The maximum atomic E-state index is 10.5. The first-order valence-corrected chi connectivity index (χ1v) is 5.16. The first-order valence-electron chi connectivity index (χ1n) is 5.16. The summed E-state index contributed by atoms with van der Waals surface area (Å²) in [6, 6.07) is 9.11. The number of benzene rings is 1. The molecule has 1 aromatic carbocycles. The van der Waals surface area contributed by atoms with E-state index < -0.39 is 6.16 Å². The Bertz CT molecular complexity index is 519. The summed E-state index contributed by atoms with van der Waals surface area (Å²) >= 11 is 0. The van der Waals surface area contributed by atoms with Crippen LogP contribution in [-0.2, 0) is 6.42 Å². The van der Waals surface area contributed by atoms with Crippen LogP contribution in [0.3, 0.4) is 0 Å². The Kier molecular flexibility index (Phi) is 3.09. The van der Waals surface area contributed by atoms with Crippen molar-refractivity contribution in [2.75, 3.05) is 0 Å². The predicted octanol–water partition coefficient (Wildman–Crippen LogP) is 2.96. The van der Waals surface area contributed by atoms with Gasteiger partial charge in [-0.3, -0.25) is 0 Å². The van der Waals surface area contributed by atoms with E-state index in [4.69, 9.17) is 9.52 Å². The molecule has 5 nitrogen and oxygen atoms in total. The van der Waals surface area contributed by atoms with Gasteiger partial charge in [-0.25, -0.2) is 4.79 Å². The highest BCUT2D eigenvalue weighted by atomic mass is 16.7. The molecular formula is C12H11NO4. The van der Waals surface area contributed by atoms with E-state index in [2.05, 4.69) is 9.72 Å². The van der Waals surface area contributed by atoms with Gasteiger partial charge in [0, 0.05) is 12.0 Å². The lowest BCUT2D eigenvalue weighted by Gasteiger charge is -1.98. The number of carbonyl (C=O) groups is 1. The topological polar surface area (TPSA) is 72.6 Å². The smallest absolute Gasteiger partial charge is 0.449 e. The Morgan fingerprint density at radius 3 is 2.71 bits per heavy atom. The van der Waals surface area contributed by atoms with Crippen molar-refractivity contribution in [1.29, 1.82) is 0 Å². The van der Waals surface area contributed by atoms with E-state index in [0.717, 1.165) is 5.56 Å². The molecule has 0 spiro atoms. The SMILES string of the molecule is CCc1nc(OC(=O)O)c(-c2ccccc2)o1. The van der Waals surface area contributed by atoms with Crippen molar-refractivity contribution in [1.82, 2.24) is 4.98 Å². The maximum Gasteiger partial charge on any atom is 0.512 e. The Labute approximate surface area is 97.7 Å². The van der Waals surface area contributed by atoms with E-state index in [0.29, 0.717) is 18.1 Å². The zero-order valence-electron chi connectivity index (χ0n) is 9.21. The molecule has 1 N–H and O–H groups in total. The third-order valence-corrected chi connectivity index (χ3v) is 2.16. The third kappa shape index (κ3) is 2.44. The molecular weight excluding hydrogens is 222 g/mol. The minimum absolute atomic E-state index is 0.0134. The molecule has 0 aliphatic heterocycles. The quantitative estimate of drug-likeness (QED) is 0.825. The number of rotatable bonds is 3. The van der Waals surface area contributed by atoms with Crippen molar-refractivity contribution >= 4 is 6.16 Å². The van der Waals surface area contributed by atoms with E-state index in [1.54, 1.807) is 12.1 Å². The van der Waals surface area contributed by atoms with Crippen LogP contribution in [0, 0.1) is 0 Å². The van der Waals surface area contributed by atoms with Gasteiger partial charge in [-0.05, 0) is 0 Å². The number of nitrogens with zero attached hydrogens (tertiary/aromatic N) is 1. The third-order valence-electron chi connectivity index (χ3n) is 2.16. The van der Waals surface area contributed by atoms with Crippen LogP contribution < -0.4 is 4.74 Å². The predicted molar refractivity (Wildman–Crippen MR) is 60.0 cm³/mol. The van der Waals surface area contributed by atoms with Crippen LogP contribution >= 0.6 is 0 Å². The average Bonchev–Trinajstić information content (AvgIpc) is 2.72. The van der Waals surface area contributed by atoms with Crippen molar-refractivity contribution in [2.24, 2.45) is 0 Å². The molecule has 2 aromatic rings. The molecule has 1 heterocycles. The summed E-state index contributed by atoms with van der Waals surface area (Å²) in [7, 11) is 0. The molecule has 0 radical (unpaired) electrons. The Morgan fingerprint density at radius 2 is 2.12 bits per heavy atom. The van der Waals surface area contributed by atoms with Crippen LogP contribution in [0.5, 0.6) is 5.88 Å². The fourth-order valence-corrected chi connectivity index (χ4v) is 1.42. The van der Waals surface area contributed by atoms with Crippen molar-refractivity contribution < 1.29 is 19.1 Å². The zero-order valence-corrected chi connectivity index (χ0v) is 9.21. The lowest BCUT2D eigenvalue weighted by atomic mass is 10.2. The number of oxazole rings is 1. The summed E-state index contributed by atoms with van der Waals surface area (Å²) in [6.45, 7) is 1.87. The summed E-state index contributed by atoms with van der Waals surface area (Å²) in [5.74, 6) is 0.769. The number of ether oxygens (including phenoxy) is 1. The maximum absolute atomic E-state index is 10.5. The van der Waals surface area contributed by atoms with E-state index in [1.165, 1.54) is 0 Å². The Morgan fingerprint density at radius 1 is 1.41 bits per heavy atom. The van der Waals surface area contributed by atoms with Gasteiger partial charge >= 0.3 is 6.16 Å². The van der Waals surface area contributed by atoms with Crippen LogP contribution in [-0.4, -0.2) is 16.2 Å². The summed E-state index contributed by atoms with van der Waals surface area (Å²) < 4.78 is 10.0. The summed E-state index contributed by atoms with van der Waals surface area (Å²) in [5, 5.41) is 8.62. The lowest BCUT2D eigenvalue weighted by Crippen LogP contribution is -2.04. The molecule has 0 saturated heterocycles. The molecule has 0 bridgehead atoms. The molecule has 1 aromatic heterocycles. The minimum Gasteiger partial charge on any atom is -0.449 e. The van der Waals surface area contributed by atoms with Crippen molar-refractivity contribution in [3.63, 3.8) is 0 Å². The van der Waals surface area contributed by atoms with Gasteiger partial charge in [-0.2, -0.15) is 4.98 Å². The Hall–Kier alpha value is -2.30. The average molecular weight is 233 g/mol. The fourth-order valence-electron chi connectivity index (χ4n) is 1.42. The highest BCUT2D eigenvalue weighted by Gasteiger charge is 2.18. The summed E-state index contributed by atoms with van der Waals surface area (Å²) in [5.41, 5.74) is 0.732. The van der Waals surface area contributed by atoms with Gasteiger partial charge < -0.3 is 14.3 Å². The zero-order chi connectivity index (χ0) is 12.3. The second-order valence-corrected chi connectivity index (χ2v) is 3.33. The number of hydrogen-bond donors (Lipinski definition) is 1. The fraction of sp³-hybridized carbons (Fsp3) is 0.167. The van der Waals surface area contributed by atoms with Crippen LogP contribution in [0.1, 0.15) is 12.8 Å². The van der Waals surface area contributed by atoms with Gasteiger partial charge in [0.05, 0.1) is 0 Å². The molecule has 2 rings (SSSR count). The van der Waals surface area contributed by atoms with E-state index in [-0.39, 0.29) is 5.88 Å². The molecule has 17 heavy (non-hydrogen) atoms. The molecule has 0 saturated carbocycles. The highest BCUT2D eigenvalue weighted by molar-refractivity contribution is 5.68. The second kappa shape index (κ2) is 4.69. The first-order chi connectivity index (χ1) is 8.20. The molecule has 88 valence electrons. The highest BCUT2D eigenvalue weighted by Crippen LogP contribution is 2.30. The molecule has 0 amide bonds. The minimum atomic E-state index is -1.40. The molecule has 0 aliphatic carbocycles. The normalized spacial score (nSPS) is 10.2. The lowest BCUT2D eigenvalue weighted by molar-refractivity contribution is 0.142. The van der Waals surface area contributed by atoms with Crippen LogP contribution in [0.4, 0.5) is 4.79 Å². The van der Waals surface area contributed by atoms with Crippen LogP contribution in [0.15, 0.2) is 34.7 Å². The van der Waals surface area contributed by atoms with Crippen molar-refractivity contribution in [3.05, 3.63) is 36.2 Å². The number of aryl methyl sites for hydroxylation is 1.